The maximum atomic E-state index is 11.6. The third-order valence-corrected chi connectivity index (χ3v) is 6.28. The molecule has 0 atom stereocenters. The first-order valence-electron chi connectivity index (χ1n) is 13.1. The summed E-state index contributed by atoms with van der Waals surface area (Å²) >= 11 is 1.72. The number of benzene rings is 2. The van der Waals surface area contributed by atoms with Crippen LogP contribution in [0.1, 0.15) is 91.8 Å². The maximum Gasteiger partial charge on any atom is 0.160 e. The number of fused-ring (bicyclic) bond motifs is 1. The van der Waals surface area contributed by atoms with Gasteiger partial charge in [-0.3, -0.25) is 9.59 Å². The normalized spacial score (nSPS) is 9.56. The molecule has 0 spiro atoms. The summed E-state index contributed by atoms with van der Waals surface area (Å²) in [4.78, 5) is 31.0. The van der Waals surface area contributed by atoms with Crippen molar-refractivity contribution in [1.82, 2.24) is 0 Å². The summed E-state index contributed by atoms with van der Waals surface area (Å²) in [5, 5.41) is 3.31. The molecular weight excluding hydrogens is 500 g/mol. The lowest BCUT2D eigenvalue weighted by molar-refractivity contribution is -0.0980. The molecule has 0 aliphatic rings. The largest absolute Gasteiger partial charge is 0.307 e. The van der Waals surface area contributed by atoms with E-state index in [1.54, 1.807) is 37.3 Å². The highest BCUT2D eigenvalue weighted by Gasteiger charge is 2.12. The smallest absolute Gasteiger partial charge is 0.160 e. The van der Waals surface area contributed by atoms with Crippen LogP contribution in [0.3, 0.4) is 0 Å². The van der Waals surface area contributed by atoms with Crippen LogP contribution in [-0.2, 0) is 11.2 Å². The molecule has 0 saturated carbocycles. The van der Waals surface area contributed by atoms with Crippen LogP contribution >= 0.6 is 11.3 Å². The second-order valence-electron chi connectivity index (χ2n) is 8.39. The molecule has 3 nitrogen and oxygen atoms in total. The first-order chi connectivity index (χ1) is 18.7. The van der Waals surface area contributed by atoms with Crippen molar-refractivity contribution in [1.29, 1.82) is 0 Å². The van der Waals surface area contributed by atoms with Crippen molar-refractivity contribution >= 4 is 45.4 Å². The van der Waals surface area contributed by atoms with E-state index in [0.717, 1.165) is 40.5 Å². The molecule has 1 heterocycles. The van der Waals surface area contributed by atoms with Gasteiger partial charge in [-0.05, 0) is 74.2 Å². The van der Waals surface area contributed by atoms with Crippen molar-refractivity contribution in [2.75, 3.05) is 0 Å². The van der Waals surface area contributed by atoms with Crippen LogP contribution in [0.5, 0.6) is 0 Å². The average Bonchev–Trinajstić information content (AvgIpc) is 3.37. The zero-order valence-corrected chi connectivity index (χ0v) is 25.8. The summed E-state index contributed by atoms with van der Waals surface area (Å²) in [5.74, 6) is 0.269. The number of thiophene rings is 1. The van der Waals surface area contributed by atoms with Gasteiger partial charge in [0.25, 0.3) is 0 Å². The minimum Gasteiger partial charge on any atom is -0.307 e. The molecule has 3 aromatic rings. The van der Waals surface area contributed by atoms with E-state index in [1.165, 1.54) is 22.3 Å². The molecule has 0 radical (unpaired) electrons. The van der Waals surface area contributed by atoms with Crippen molar-refractivity contribution in [2.24, 2.45) is 0 Å². The van der Waals surface area contributed by atoms with Gasteiger partial charge >= 0.3 is 0 Å². The summed E-state index contributed by atoms with van der Waals surface area (Å²) in [7, 11) is 0. The summed E-state index contributed by atoms with van der Waals surface area (Å²) in [5.41, 5.74) is 6.32. The van der Waals surface area contributed by atoms with Gasteiger partial charge < -0.3 is 4.79 Å². The first kappa shape index (κ1) is 37.5. The Morgan fingerprint density at radius 2 is 1.38 bits per heavy atom. The number of hydrogen-bond donors (Lipinski definition) is 0. The maximum absolute atomic E-state index is 11.6. The van der Waals surface area contributed by atoms with Gasteiger partial charge in [0.1, 0.15) is 6.79 Å². The predicted molar refractivity (Wildman–Crippen MR) is 174 cm³/mol. The van der Waals surface area contributed by atoms with Crippen LogP contribution in [0.4, 0.5) is 0 Å². The fourth-order valence-electron chi connectivity index (χ4n) is 3.61. The summed E-state index contributed by atoms with van der Waals surface area (Å²) in [6, 6.07) is 11.8. The second kappa shape index (κ2) is 22.4. The lowest BCUT2D eigenvalue weighted by atomic mass is 9.91. The molecule has 0 fully saturated rings. The van der Waals surface area contributed by atoms with E-state index in [9.17, 15) is 9.59 Å². The monoisotopic (exact) mass is 546 g/mol. The third-order valence-electron chi connectivity index (χ3n) is 5.29. The Morgan fingerprint density at radius 3 is 1.82 bits per heavy atom. The lowest BCUT2D eigenvalue weighted by Gasteiger charge is -2.13. The van der Waals surface area contributed by atoms with Gasteiger partial charge in [-0.15, -0.1) is 17.9 Å². The minimum atomic E-state index is 0.113. The molecule has 0 amide bonds. The Hall–Kier alpha value is -3.63. The van der Waals surface area contributed by atoms with Crippen molar-refractivity contribution in [3.05, 3.63) is 114 Å². The molecule has 0 unspecified atom stereocenters. The molecule has 0 bridgehead atoms. The average molecular weight is 547 g/mol. The van der Waals surface area contributed by atoms with Crippen LogP contribution in [-0.4, -0.2) is 18.4 Å². The number of rotatable bonds is 7. The highest BCUT2D eigenvalue weighted by atomic mass is 32.1. The molecule has 1 aromatic heterocycles. The van der Waals surface area contributed by atoms with Crippen LogP contribution in [0.2, 0.25) is 0 Å². The molecular formula is C35H46O3S. The molecule has 4 heteroatoms. The van der Waals surface area contributed by atoms with Crippen LogP contribution in [0, 0.1) is 6.92 Å². The molecule has 210 valence electrons. The van der Waals surface area contributed by atoms with Crippen LogP contribution in [0.25, 0.3) is 15.7 Å². The summed E-state index contributed by atoms with van der Waals surface area (Å²) < 4.78 is 1.22. The number of Topliss-reactive ketones (excluding diaryl/α,β-unsaturated/α-hetero) is 2. The van der Waals surface area contributed by atoms with Gasteiger partial charge in [-0.2, -0.15) is 0 Å². The molecule has 0 aliphatic carbocycles. The minimum absolute atomic E-state index is 0.113. The standard InChI is InChI=1S/C15H18O.C12H12OS.C4H6.C3H8.CH2O/c1-5-8-13(6-2)15-11(3)9-7-10-14(15)12(4)16;1-3-9-7-14-11-6-4-5-10(8(2)13)12(9)11;1-3-4-2;1-3-2;1-2/h5-7,9-10H,1,8H2,2-4H3;4-7H,3H2,1-2H3;3-4H,1-2H2;3H2,1-2H3;1H2/b13-6-;;;;. The van der Waals surface area contributed by atoms with Gasteiger partial charge in [0.15, 0.2) is 11.6 Å². The van der Waals surface area contributed by atoms with Gasteiger partial charge in [0, 0.05) is 21.2 Å². The molecule has 0 N–H and O–H groups in total. The zero-order valence-electron chi connectivity index (χ0n) is 24.9. The third kappa shape index (κ3) is 12.6. The molecule has 2 aromatic carbocycles. The van der Waals surface area contributed by atoms with Gasteiger partial charge in [-0.1, -0.05) is 95.0 Å². The Balaban J connectivity index is 0. The topological polar surface area (TPSA) is 51.2 Å². The number of aryl methyl sites for hydroxylation is 2. The van der Waals surface area contributed by atoms with Crippen molar-refractivity contribution < 1.29 is 14.4 Å². The predicted octanol–water partition coefficient (Wildman–Crippen LogP) is 10.4. The van der Waals surface area contributed by atoms with Gasteiger partial charge in [0.05, 0.1) is 0 Å². The lowest BCUT2D eigenvalue weighted by Crippen LogP contribution is -2.01. The highest BCUT2D eigenvalue weighted by Crippen LogP contribution is 2.30. The van der Waals surface area contributed by atoms with E-state index in [1.807, 2.05) is 57.0 Å². The number of hydrogen-bond acceptors (Lipinski definition) is 4. The SMILES string of the molecule is C=CC/C(=C/C)c1c(C)cccc1C(C)=O.C=CC=C.C=O.CCC.CCc1csc2cccc(C(C)=O)c12. The van der Waals surface area contributed by atoms with Crippen LogP contribution < -0.4 is 0 Å². The summed E-state index contributed by atoms with van der Waals surface area (Å²) in [6.45, 7) is 26.1. The Labute approximate surface area is 240 Å². The second-order valence-corrected chi connectivity index (χ2v) is 9.30. The fraction of sp³-hybridized carbons (Fsp3) is 0.286. The molecule has 3 rings (SSSR count). The van der Waals surface area contributed by atoms with E-state index in [2.05, 4.69) is 58.0 Å². The van der Waals surface area contributed by atoms with Crippen molar-refractivity contribution in [2.45, 2.75) is 67.7 Å². The van der Waals surface area contributed by atoms with E-state index >= 15 is 0 Å². The van der Waals surface area contributed by atoms with E-state index in [4.69, 9.17) is 4.79 Å². The van der Waals surface area contributed by atoms with E-state index < -0.39 is 0 Å². The molecule has 0 saturated heterocycles. The van der Waals surface area contributed by atoms with Gasteiger partial charge in [0.2, 0.25) is 0 Å². The Kier molecular flexibility index (Phi) is 21.5. The quantitative estimate of drug-likeness (QED) is 0.168. The number of carbonyl (C=O) groups is 3. The number of allylic oxidation sites excluding steroid dienone is 5. The first-order valence-corrected chi connectivity index (χ1v) is 14.0. The number of carbonyl (C=O) groups excluding carboxylic acids is 3. The highest BCUT2D eigenvalue weighted by molar-refractivity contribution is 7.17. The Bertz CT molecular complexity index is 1220. The Morgan fingerprint density at radius 1 is 0.872 bits per heavy atom. The molecule has 39 heavy (non-hydrogen) atoms. The van der Waals surface area contributed by atoms with E-state index in [-0.39, 0.29) is 11.6 Å². The van der Waals surface area contributed by atoms with Crippen LogP contribution in [0.15, 0.2) is 85.8 Å². The zero-order chi connectivity index (χ0) is 30.4. The summed E-state index contributed by atoms with van der Waals surface area (Å²) in [6.07, 6.45) is 10.2. The van der Waals surface area contributed by atoms with Crippen molar-refractivity contribution in [3.8, 4) is 0 Å². The van der Waals surface area contributed by atoms with E-state index in [0.29, 0.717) is 0 Å². The molecule has 0 aliphatic heterocycles. The van der Waals surface area contributed by atoms with Crippen molar-refractivity contribution in [3.63, 3.8) is 0 Å². The number of ketones is 2. The van der Waals surface area contributed by atoms with Gasteiger partial charge in [-0.25, -0.2) is 0 Å². The fourth-order valence-corrected chi connectivity index (χ4v) is 4.68.